The van der Waals surface area contributed by atoms with Gasteiger partial charge in [0.15, 0.2) is 0 Å². The van der Waals surface area contributed by atoms with Gasteiger partial charge in [-0.1, -0.05) is 26.2 Å². The molecule has 0 bridgehead atoms. The first kappa shape index (κ1) is 14.9. The molecule has 1 saturated carbocycles. The van der Waals surface area contributed by atoms with Gasteiger partial charge in [0.2, 0.25) is 10.0 Å². The first-order valence-corrected chi connectivity index (χ1v) is 8.17. The monoisotopic (exact) mass is 262 g/mol. The molecule has 2 N–H and O–H groups in total. The van der Waals surface area contributed by atoms with Crippen LogP contribution >= 0.6 is 0 Å². The topological polar surface area (TPSA) is 63.4 Å². The second kappa shape index (κ2) is 6.71. The SMILES string of the molecule is CCC(CN)S(=O)(=O)N(C)CC1CCCCC1. The molecule has 1 unspecified atom stereocenters. The van der Waals surface area contributed by atoms with E-state index in [1.165, 1.54) is 36.4 Å². The van der Waals surface area contributed by atoms with Crippen LogP contribution in [0.15, 0.2) is 0 Å². The number of hydrogen-bond acceptors (Lipinski definition) is 3. The predicted molar refractivity (Wildman–Crippen MR) is 71.3 cm³/mol. The Morgan fingerprint density at radius 3 is 2.35 bits per heavy atom. The fourth-order valence-corrected chi connectivity index (χ4v) is 4.18. The molecule has 0 aromatic rings. The van der Waals surface area contributed by atoms with E-state index in [4.69, 9.17) is 5.73 Å². The minimum atomic E-state index is -3.19. The van der Waals surface area contributed by atoms with E-state index < -0.39 is 15.3 Å². The summed E-state index contributed by atoms with van der Waals surface area (Å²) in [4.78, 5) is 0. The quantitative estimate of drug-likeness (QED) is 0.790. The van der Waals surface area contributed by atoms with E-state index in [0.717, 1.165) is 0 Å². The summed E-state index contributed by atoms with van der Waals surface area (Å²) in [6.45, 7) is 2.76. The van der Waals surface area contributed by atoms with Crippen LogP contribution in [0.4, 0.5) is 0 Å². The molecule has 0 saturated heterocycles. The molecule has 0 spiro atoms. The lowest BCUT2D eigenvalue weighted by atomic mass is 9.89. The summed E-state index contributed by atoms with van der Waals surface area (Å²) in [6, 6.07) is 0. The van der Waals surface area contributed by atoms with Gasteiger partial charge < -0.3 is 5.73 Å². The van der Waals surface area contributed by atoms with Crippen molar-refractivity contribution in [3.63, 3.8) is 0 Å². The highest BCUT2D eigenvalue weighted by Crippen LogP contribution is 2.25. The second-order valence-corrected chi connectivity index (χ2v) is 7.42. The third-order valence-electron chi connectivity index (χ3n) is 3.81. The van der Waals surface area contributed by atoms with Crippen molar-refractivity contribution >= 4 is 10.0 Å². The van der Waals surface area contributed by atoms with Crippen molar-refractivity contribution in [3.8, 4) is 0 Å². The highest BCUT2D eigenvalue weighted by atomic mass is 32.2. The van der Waals surface area contributed by atoms with Gasteiger partial charge in [-0.2, -0.15) is 0 Å². The van der Waals surface area contributed by atoms with Crippen molar-refractivity contribution in [2.45, 2.75) is 50.7 Å². The van der Waals surface area contributed by atoms with Gasteiger partial charge >= 0.3 is 0 Å². The molecule has 0 aliphatic heterocycles. The number of nitrogens with two attached hydrogens (primary N) is 1. The van der Waals surface area contributed by atoms with Gasteiger partial charge in [-0.25, -0.2) is 12.7 Å². The Kier molecular flexibility index (Phi) is 5.89. The van der Waals surface area contributed by atoms with E-state index >= 15 is 0 Å². The largest absolute Gasteiger partial charge is 0.329 e. The minimum absolute atomic E-state index is 0.216. The third kappa shape index (κ3) is 3.93. The van der Waals surface area contributed by atoms with Crippen molar-refractivity contribution in [1.29, 1.82) is 0 Å². The first-order valence-electron chi connectivity index (χ1n) is 6.67. The van der Waals surface area contributed by atoms with Gasteiger partial charge in [0, 0.05) is 20.1 Å². The Hall–Kier alpha value is -0.130. The van der Waals surface area contributed by atoms with Crippen LogP contribution in [0, 0.1) is 5.92 Å². The molecule has 102 valence electrons. The fraction of sp³-hybridized carbons (Fsp3) is 1.00. The van der Waals surface area contributed by atoms with E-state index in [2.05, 4.69) is 0 Å². The number of sulfonamides is 1. The Morgan fingerprint density at radius 1 is 1.29 bits per heavy atom. The maximum Gasteiger partial charge on any atom is 0.217 e. The standard InChI is InChI=1S/C12H26N2O2S/c1-3-12(9-13)17(15,16)14(2)10-11-7-5-4-6-8-11/h11-12H,3-10,13H2,1-2H3. The summed E-state index contributed by atoms with van der Waals surface area (Å²) >= 11 is 0. The summed E-state index contributed by atoms with van der Waals surface area (Å²) in [6.07, 6.45) is 6.71. The highest BCUT2D eigenvalue weighted by Gasteiger charge is 2.29. The Balaban J connectivity index is 2.58. The maximum atomic E-state index is 12.2. The van der Waals surface area contributed by atoms with Crippen LogP contribution in [0.2, 0.25) is 0 Å². The zero-order chi connectivity index (χ0) is 12.9. The molecule has 1 fully saturated rings. The van der Waals surface area contributed by atoms with Crippen molar-refractivity contribution in [3.05, 3.63) is 0 Å². The van der Waals surface area contributed by atoms with Gasteiger partial charge in [-0.05, 0) is 25.2 Å². The molecule has 5 heteroatoms. The molecule has 0 aromatic carbocycles. The molecule has 4 nitrogen and oxygen atoms in total. The summed E-state index contributed by atoms with van der Waals surface area (Å²) < 4.78 is 26.0. The van der Waals surface area contributed by atoms with E-state index in [0.29, 0.717) is 18.9 Å². The van der Waals surface area contributed by atoms with Crippen molar-refractivity contribution in [1.82, 2.24) is 4.31 Å². The van der Waals surface area contributed by atoms with Crippen LogP contribution in [0.1, 0.15) is 45.4 Å². The number of nitrogens with zero attached hydrogens (tertiary/aromatic N) is 1. The fourth-order valence-electron chi connectivity index (χ4n) is 2.59. The first-order chi connectivity index (χ1) is 8.02. The summed E-state index contributed by atoms with van der Waals surface area (Å²) in [7, 11) is -1.50. The van der Waals surface area contributed by atoms with Gasteiger partial charge in [0.05, 0.1) is 5.25 Å². The van der Waals surface area contributed by atoms with Gasteiger partial charge in [0.25, 0.3) is 0 Å². The van der Waals surface area contributed by atoms with E-state index in [-0.39, 0.29) is 6.54 Å². The Bertz CT molecular complexity index is 306. The summed E-state index contributed by atoms with van der Waals surface area (Å²) in [5, 5.41) is -0.420. The molecular weight excluding hydrogens is 236 g/mol. The molecular formula is C12H26N2O2S. The molecule has 1 aliphatic rings. The van der Waals surface area contributed by atoms with Crippen molar-refractivity contribution < 1.29 is 8.42 Å². The lowest BCUT2D eigenvalue weighted by molar-refractivity contribution is 0.298. The average Bonchev–Trinajstić information content (AvgIpc) is 2.31. The number of rotatable bonds is 6. The van der Waals surface area contributed by atoms with Crippen LogP contribution in [-0.2, 0) is 10.0 Å². The van der Waals surface area contributed by atoms with E-state index in [1.54, 1.807) is 7.05 Å². The summed E-state index contributed by atoms with van der Waals surface area (Å²) in [5.74, 6) is 0.541. The summed E-state index contributed by atoms with van der Waals surface area (Å²) in [5.41, 5.74) is 5.53. The van der Waals surface area contributed by atoms with Crippen LogP contribution < -0.4 is 5.73 Å². The molecule has 0 heterocycles. The van der Waals surface area contributed by atoms with Crippen LogP contribution in [0.25, 0.3) is 0 Å². The van der Waals surface area contributed by atoms with Crippen LogP contribution in [0.5, 0.6) is 0 Å². The molecule has 0 amide bonds. The van der Waals surface area contributed by atoms with Crippen molar-refractivity contribution in [2.75, 3.05) is 20.1 Å². The second-order valence-electron chi connectivity index (χ2n) is 5.10. The molecule has 1 aliphatic carbocycles. The van der Waals surface area contributed by atoms with E-state index in [9.17, 15) is 8.42 Å². The number of hydrogen-bond donors (Lipinski definition) is 1. The van der Waals surface area contributed by atoms with Gasteiger partial charge in [-0.3, -0.25) is 0 Å². The smallest absolute Gasteiger partial charge is 0.217 e. The molecule has 17 heavy (non-hydrogen) atoms. The normalized spacial score (nSPS) is 20.7. The Morgan fingerprint density at radius 2 is 1.88 bits per heavy atom. The third-order valence-corrected chi connectivity index (χ3v) is 6.20. The van der Waals surface area contributed by atoms with Crippen LogP contribution in [-0.4, -0.2) is 38.1 Å². The van der Waals surface area contributed by atoms with E-state index in [1.807, 2.05) is 6.92 Å². The molecule has 1 atom stereocenters. The zero-order valence-electron chi connectivity index (χ0n) is 11.1. The minimum Gasteiger partial charge on any atom is -0.329 e. The van der Waals surface area contributed by atoms with Gasteiger partial charge in [-0.15, -0.1) is 0 Å². The van der Waals surface area contributed by atoms with Crippen LogP contribution in [0.3, 0.4) is 0 Å². The average molecular weight is 262 g/mol. The van der Waals surface area contributed by atoms with Gasteiger partial charge in [0.1, 0.15) is 0 Å². The molecule has 0 radical (unpaired) electrons. The van der Waals surface area contributed by atoms with Crippen molar-refractivity contribution in [2.24, 2.45) is 11.7 Å². The lowest BCUT2D eigenvalue weighted by Gasteiger charge is -2.28. The zero-order valence-corrected chi connectivity index (χ0v) is 11.9. The highest BCUT2D eigenvalue weighted by molar-refractivity contribution is 7.89. The Labute approximate surface area is 106 Å². The predicted octanol–water partition coefficient (Wildman–Crippen LogP) is 1.57. The molecule has 0 aromatic heterocycles. The maximum absolute atomic E-state index is 12.2. The lowest BCUT2D eigenvalue weighted by Crippen LogP contribution is -2.42. The molecule has 1 rings (SSSR count).